The number of imide groups is 2. The first-order chi connectivity index (χ1) is 25.2. The van der Waals surface area contributed by atoms with Crippen LogP contribution in [0.2, 0.25) is 5.02 Å². The van der Waals surface area contributed by atoms with Gasteiger partial charge in [0.05, 0.1) is 42.0 Å². The second-order valence-corrected chi connectivity index (χ2v) is 14.2. The van der Waals surface area contributed by atoms with E-state index in [9.17, 15) is 23.9 Å². The molecule has 0 radical (unpaired) electrons. The zero-order valence-corrected chi connectivity index (χ0v) is 28.7. The number of aliphatic hydroxyl groups excluding tert-OH is 1. The van der Waals surface area contributed by atoms with Crippen molar-refractivity contribution >= 4 is 40.9 Å². The number of fused-ring (bicyclic) bond motifs is 4. The van der Waals surface area contributed by atoms with Gasteiger partial charge in [0, 0.05) is 16.5 Å². The number of nitrogens with one attached hydrogen (secondary N) is 1. The average Bonchev–Trinajstić information content (AvgIpc) is 3.53. The molecule has 2 aliphatic carbocycles. The highest BCUT2D eigenvalue weighted by molar-refractivity contribution is 6.30. The van der Waals surface area contributed by atoms with Gasteiger partial charge in [0.1, 0.15) is 18.2 Å². The first kappa shape index (κ1) is 33.8. The number of rotatable bonds is 9. The summed E-state index contributed by atoms with van der Waals surface area (Å²) in [6.07, 6.45) is 2.39. The molecule has 52 heavy (non-hydrogen) atoms. The molecule has 6 atom stereocenters. The highest BCUT2D eigenvalue weighted by Crippen LogP contribution is 2.65. The number of hydrogen-bond donors (Lipinski definition) is 2. The van der Waals surface area contributed by atoms with Crippen LogP contribution in [0.4, 0.5) is 10.1 Å². The molecule has 3 fully saturated rings. The van der Waals surface area contributed by atoms with Gasteiger partial charge in [-0.15, -0.1) is 0 Å². The van der Waals surface area contributed by atoms with Gasteiger partial charge in [-0.1, -0.05) is 83.9 Å². The van der Waals surface area contributed by atoms with Gasteiger partial charge in [-0.25, -0.2) is 4.39 Å². The summed E-state index contributed by atoms with van der Waals surface area (Å²) in [5.74, 6) is -5.37. The fourth-order valence-electron chi connectivity index (χ4n) is 8.99. The van der Waals surface area contributed by atoms with Crippen molar-refractivity contribution < 1.29 is 33.4 Å². The third kappa shape index (κ3) is 5.31. The number of anilines is 1. The summed E-state index contributed by atoms with van der Waals surface area (Å²) >= 11 is 6.38. The Hall–Kier alpha value is -5.32. The molecule has 4 amide bonds. The number of para-hydroxylation sites is 1. The van der Waals surface area contributed by atoms with E-state index < -0.39 is 52.6 Å². The van der Waals surface area contributed by atoms with E-state index in [-0.39, 0.29) is 44.4 Å². The molecule has 0 bridgehead atoms. The fraction of sp³-hybridized carbons (Fsp3) is 0.268. The summed E-state index contributed by atoms with van der Waals surface area (Å²) < 4.78 is 20.0. The summed E-state index contributed by atoms with van der Waals surface area (Å²) in [6, 6.07) is 28.8. The van der Waals surface area contributed by atoms with Crippen LogP contribution in [0.1, 0.15) is 35.4 Å². The van der Waals surface area contributed by atoms with Gasteiger partial charge in [-0.2, -0.15) is 5.01 Å². The summed E-state index contributed by atoms with van der Waals surface area (Å²) in [5, 5.41) is 11.2. The molecule has 2 N–H and O–H groups in total. The second kappa shape index (κ2) is 13.3. The van der Waals surface area contributed by atoms with E-state index in [0.29, 0.717) is 27.6 Å². The van der Waals surface area contributed by atoms with E-state index in [2.05, 4.69) is 5.43 Å². The van der Waals surface area contributed by atoms with Gasteiger partial charge in [0.2, 0.25) is 11.8 Å². The Balaban J connectivity index is 1.31. The molecule has 9 nitrogen and oxygen atoms in total. The number of ether oxygens (including phenoxy) is 1. The predicted molar refractivity (Wildman–Crippen MR) is 190 cm³/mol. The summed E-state index contributed by atoms with van der Waals surface area (Å²) in [7, 11) is 0. The first-order valence-electron chi connectivity index (χ1n) is 17.3. The van der Waals surface area contributed by atoms with Gasteiger partial charge >= 0.3 is 0 Å². The van der Waals surface area contributed by atoms with Crippen LogP contribution in [0.25, 0.3) is 0 Å². The van der Waals surface area contributed by atoms with E-state index in [1.807, 2.05) is 48.5 Å². The Morgan fingerprint density at radius 3 is 2.29 bits per heavy atom. The molecular formula is C41H35ClFN3O6. The van der Waals surface area contributed by atoms with E-state index in [1.54, 1.807) is 36.4 Å². The van der Waals surface area contributed by atoms with E-state index >= 15 is 4.79 Å². The Kier molecular flexibility index (Phi) is 8.67. The second-order valence-electron chi connectivity index (χ2n) is 13.7. The third-order valence-electron chi connectivity index (χ3n) is 11.1. The number of carbonyl (C=O) groups is 4. The lowest BCUT2D eigenvalue weighted by Gasteiger charge is -2.50. The lowest BCUT2D eigenvalue weighted by molar-refractivity contribution is -0.142. The number of nitrogens with zero attached hydrogens (tertiary/aromatic N) is 2. The van der Waals surface area contributed by atoms with Crippen molar-refractivity contribution in [2.24, 2.45) is 23.7 Å². The van der Waals surface area contributed by atoms with Crippen molar-refractivity contribution in [2.45, 2.75) is 30.7 Å². The predicted octanol–water partition coefficient (Wildman–Crippen LogP) is 6.04. The van der Waals surface area contributed by atoms with Gasteiger partial charge in [0.15, 0.2) is 0 Å². The molecule has 4 aliphatic rings. The summed E-state index contributed by atoms with van der Waals surface area (Å²) in [5.41, 5.74) is 4.51. The number of amides is 4. The number of benzene rings is 4. The van der Waals surface area contributed by atoms with Gasteiger partial charge in [-0.05, 0) is 72.4 Å². The van der Waals surface area contributed by atoms with Crippen LogP contribution in [-0.4, -0.2) is 51.9 Å². The molecule has 4 aromatic rings. The fourth-order valence-corrected chi connectivity index (χ4v) is 9.12. The van der Waals surface area contributed by atoms with Crippen molar-refractivity contribution in [3.05, 3.63) is 142 Å². The van der Waals surface area contributed by atoms with Gasteiger partial charge in [0.25, 0.3) is 11.8 Å². The molecular weight excluding hydrogens is 685 g/mol. The minimum Gasteiger partial charge on any atom is -0.491 e. The molecule has 6 unspecified atom stereocenters. The molecule has 8 rings (SSSR count). The maximum atomic E-state index is 15.3. The molecule has 0 spiro atoms. The van der Waals surface area contributed by atoms with Gasteiger partial charge in [-0.3, -0.25) is 29.5 Å². The maximum Gasteiger partial charge on any atom is 0.260 e. The van der Waals surface area contributed by atoms with Crippen LogP contribution >= 0.6 is 11.6 Å². The molecule has 264 valence electrons. The van der Waals surface area contributed by atoms with Crippen LogP contribution in [0.5, 0.6) is 5.75 Å². The van der Waals surface area contributed by atoms with Crippen molar-refractivity contribution in [3.8, 4) is 5.75 Å². The highest BCUT2D eigenvalue weighted by Gasteiger charge is 2.70. The number of hydrazine groups is 1. The normalized spacial score (nSPS) is 26.5. The molecule has 2 aliphatic heterocycles. The lowest BCUT2D eigenvalue weighted by Crippen LogP contribution is -2.53. The van der Waals surface area contributed by atoms with Crippen LogP contribution < -0.4 is 10.2 Å². The molecule has 0 aromatic heterocycles. The maximum absolute atomic E-state index is 15.3. The number of carbonyl (C=O) groups excluding carboxylic acids is 4. The number of allylic oxidation sites excluding steroid dienone is 2. The van der Waals surface area contributed by atoms with Gasteiger partial charge < -0.3 is 9.84 Å². The Morgan fingerprint density at radius 1 is 0.846 bits per heavy atom. The summed E-state index contributed by atoms with van der Waals surface area (Å²) in [6.45, 7) is -0.125. The number of aliphatic hydroxyl groups is 1. The standard InChI is InChI=1S/C41H35ClFN3O6/c42-26-12-10-25(11-13-26)41-33(38(49)46(40(41)51)44-28-16-14-27(43)15-17-28)22-32-29(36(41)30-8-4-5-9-34(30)52-21-20-47)18-19-31-35(32)39(50)45(37(31)48)23-24-6-2-1-3-7-24/h1-18,31-33,35-36,44,47H,19-23H2. The Labute approximate surface area is 304 Å². The molecule has 2 saturated heterocycles. The molecule has 2 heterocycles. The molecule has 4 aromatic carbocycles. The first-order valence-corrected chi connectivity index (χ1v) is 17.7. The Bertz CT molecular complexity index is 2090. The topological polar surface area (TPSA) is 116 Å². The quantitative estimate of drug-likeness (QED) is 0.160. The van der Waals surface area contributed by atoms with Crippen LogP contribution in [-0.2, 0) is 31.1 Å². The minimum absolute atomic E-state index is 0.0131. The zero-order valence-electron chi connectivity index (χ0n) is 28.0. The molecule has 1 saturated carbocycles. The molecule has 11 heteroatoms. The third-order valence-corrected chi connectivity index (χ3v) is 11.4. The number of likely N-dealkylation sites (tertiary alicyclic amines) is 1. The minimum atomic E-state index is -1.54. The number of hydrogen-bond acceptors (Lipinski definition) is 7. The lowest BCUT2D eigenvalue weighted by atomic mass is 9.49. The van der Waals surface area contributed by atoms with Crippen LogP contribution in [0.3, 0.4) is 0 Å². The Morgan fingerprint density at radius 2 is 1.56 bits per heavy atom. The van der Waals surface area contributed by atoms with Crippen LogP contribution in [0.15, 0.2) is 115 Å². The SMILES string of the molecule is O=C1C2CC=C3C(CC4C(=O)N(Nc5ccc(F)cc5)C(=O)C4(c4ccc(Cl)cc4)C3c3ccccc3OCCO)C2C(=O)N1Cc1ccccc1. The zero-order chi connectivity index (χ0) is 36.1. The van der Waals surface area contributed by atoms with Crippen molar-refractivity contribution in [3.63, 3.8) is 0 Å². The van der Waals surface area contributed by atoms with Crippen LogP contribution in [0, 0.1) is 29.5 Å². The van der Waals surface area contributed by atoms with Crippen molar-refractivity contribution in [2.75, 3.05) is 18.6 Å². The van der Waals surface area contributed by atoms with E-state index in [1.165, 1.54) is 29.2 Å². The highest BCUT2D eigenvalue weighted by atomic mass is 35.5. The average molecular weight is 720 g/mol. The van der Waals surface area contributed by atoms with E-state index in [4.69, 9.17) is 16.3 Å². The smallest absolute Gasteiger partial charge is 0.260 e. The largest absolute Gasteiger partial charge is 0.491 e. The van der Waals surface area contributed by atoms with Crippen molar-refractivity contribution in [1.82, 2.24) is 9.91 Å². The van der Waals surface area contributed by atoms with E-state index in [0.717, 1.165) is 16.1 Å². The monoisotopic (exact) mass is 719 g/mol. The number of halogens is 2. The summed E-state index contributed by atoms with van der Waals surface area (Å²) in [4.78, 5) is 59.8. The van der Waals surface area contributed by atoms with Crippen molar-refractivity contribution in [1.29, 1.82) is 0 Å².